The Labute approximate surface area is 97.0 Å². The summed E-state index contributed by atoms with van der Waals surface area (Å²) in [6.07, 6.45) is 2.94. The van der Waals surface area contributed by atoms with Gasteiger partial charge in [-0.2, -0.15) is 0 Å². The first-order valence-electron chi connectivity index (χ1n) is 4.75. The largest absolute Gasteiger partial charge is 0.495 e. The Morgan fingerprint density at radius 3 is 2.71 bits per heavy atom. The van der Waals surface area contributed by atoms with Crippen molar-refractivity contribution in [2.24, 2.45) is 0 Å². The topological polar surface area (TPSA) is 79.1 Å². The highest BCUT2D eigenvalue weighted by Gasteiger charge is 2.12. The maximum atomic E-state index is 11.2. The molecule has 0 fully saturated rings. The van der Waals surface area contributed by atoms with Crippen molar-refractivity contribution in [3.05, 3.63) is 30.5 Å². The molecule has 0 saturated heterocycles. The van der Waals surface area contributed by atoms with Gasteiger partial charge in [0.25, 0.3) is 5.82 Å². The lowest BCUT2D eigenvalue weighted by Crippen LogP contribution is -2.05. The molecule has 2 rings (SSSR count). The van der Waals surface area contributed by atoms with Gasteiger partial charge in [0, 0.05) is 0 Å². The Balaban J connectivity index is 2.27. The summed E-state index contributed by atoms with van der Waals surface area (Å²) in [7, 11) is 2.83. The molecule has 0 unspecified atom stereocenters. The number of pyridine rings is 1. The Kier molecular flexibility index (Phi) is 2.99. The Morgan fingerprint density at radius 2 is 2.12 bits per heavy atom. The quantitative estimate of drug-likeness (QED) is 0.718. The Hall–Kier alpha value is -2.44. The highest BCUT2D eigenvalue weighted by Crippen LogP contribution is 2.10. The van der Waals surface area contributed by atoms with E-state index in [2.05, 4.69) is 19.8 Å². The number of ether oxygens (including phenoxy) is 2. The zero-order chi connectivity index (χ0) is 12.3. The van der Waals surface area contributed by atoms with E-state index in [9.17, 15) is 4.79 Å². The fraction of sp³-hybridized carbons (Fsp3) is 0.200. The lowest BCUT2D eigenvalue weighted by atomic mass is 10.4. The molecule has 0 saturated carbocycles. The van der Waals surface area contributed by atoms with Gasteiger partial charge in [-0.15, -0.1) is 5.10 Å². The van der Waals surface area contributed by atoms with Crippen LogP contribution in [0, 0.1) is 0 Å². The molecule has 7 heteroatoms. The third-order valence-electron chi connectivity index (χ3n) is 2.05. The summed E-state index contributed by atoms with van der Waals surface area (Å²) in [5.41, 5.74) is 0. The summed E-state index contributed by atoms with van der Waals surface area (Å²) < 4.78 is 10.9. The zero-order valence-electron chi connectivity index (χ0n) is 9.32. The van der Waals surface area contributed by atoms with Crippen LogP contribution < -0.4 is 4.74 Å². The highest BCUT2D eigenvalue weighted by atomic mass is 16.5. The van der Waals surface area contributed by atoms with Crippen molar-refractivity contribution >= 4 is 5.97 Å². The molecule has 17 heavy (non-hydrogen) atoms. The van der Waals surface area contributed by atoms with Crippen LogP contribution in [0.25, 0.3) is 5.82 Å². The molecule has 0 aromatic carbocycles. The van der Waals surface area contributed by atoms with Gasteiger partial charge in [0.05, 0.1) is 20.4 Å². The summed E-state index contributed by atoms with van der Waals surface area (Å²) in [6.45, 7) is 0. The summed E-state index contributed by atoms with van der Waals surface area (Å²) in [6, 6.07) is 3.44. The Morgan fingerprint density at radius 1 is 1.29 bits per heavy atom. The summed E-state index contributed by atoms with van der Waals surface area (Å²) >= 11 is 0. The minimum absolute atomic E-state index is 0.00915. The molecule has 0 radical (unpaired) electrons. The smallest absolute Gasteiger partial charge is 0.377 e. The SMILES string of the molecule is COC(=O)c1ncn(-c2ccc(OC)cn2)n1. The van der Waals surface area contributed by atoms with Crippen molar-refractivity contribution in [2.75, 3.05) is 14.2 Å². The number of nitrogens with zero attached hydrogens (tertiary/aromatic N) is 4. The molecule has 0 spiro atoms. The van der Waals surface area contributed by atoms with Crippen LogP contribution in [-0.2, 0) is 4.74 Å². The normalized spacial score (nSPS) is 10.0. The molecule has 2 aromatic rings. The number of rotatable bonds is 3. The standard InChI is InChI=1S/C10H10N4O3/c1-16-7-3-4-8(11-5-7)14-6-12-9(13-14)10(15)17-2/h3-6H,1-2H3. The molecule has 0 amide bonds. The number of hydrogen-bond donors (Lipinski definition) is 0. The molecule has 0 aliphatic heterocycles. The predicted molar refractivity (Wildman–Crippen MR) is 57.0 cm³/mol. The van der Waals surface area contributed by atoms with E-state index >= 15 is 0 Å². The van der Waals surface area contributed by atoms with Crippen LogP contribution in [0.15, 0.2) is 24.7 Å². The lowest BCUT2D eigenvalue weighted by molar-refractivity contribution is 0.0587. The second-order valence-electron chi connectivity index (χ2n) is 3.06. The van der Waals surface area contributed by atoms with E-state index in [1.54, 1.807) is 25.4 Å². The second kappa shape index (κ2) is 4.60. The van der Waals surface area contributed by atoms with Crippen LogP contribution in [0.3, 0.4) is 0 Å². The average Bonchev–Trinajstić information content (AvgIpc) is 2.87. The summed E-state index contributed by atoms with van der Waals surface area (Å²) in [4.78, 5) is 19.1. The van der Waals surface area contributed by atoms with Gasteiger partial charge in [0.1, 0.15) is 12.1 Å². The first-order valence-corrected chi connectivity index (χ1v) is 4.75. The van der Waals surface area contributed by atoms with Gasteiger partial charge >= 0.3 is 5.97 Å². The number of carbonyl (C=O) groups is 1. The summed E-state index contributed by atoms with van der Waals surface area (Å²) in [5.74, 6) is 0.581. The maximum absolute atomic E-state index is 11.2. The van der Waals surface area contributed by atoms with E-state index in [0.29, 0.717) is 11.6 Å². The number of hydrogen-bond acceptors (Lipinski definition) is 6. The molecule has 2 aromatic heterocycles. The molecular weight excluding hydrogens is 224 g/mol. The number of carbonyl (C=O) groups excluding carboxylic acids is 1. The average molecular weight is 234 g/mol. The number of methoxy groups -OCH3 is 2. The molecular formula is C10H10N4O3. The number of aromatic nitrogens is 4. The molecule has 2 heterocycles. The van der Waals surface area contributed by atoms with Crippen LogP contribution in [0.2, 0.25) is 0 Å². The predicted octanol–water partition coefficient (Wildman–Crippen LogP) is 0.458. The van der Waals surface area contributed by atoms with Crippen LogP contribution >= 0.6 is 0 Å². The second-order valence-corrected chi connectivity index (χ2v) is 3.06. The van der Waals surface area contributed by atoms with E-state index in [1.165, 1.54) is 18.1 Å². The van der Waals surface area contributed by atoms with Gasteiger partial charge < -0.3 is 9.47 Å². The lowest BCUT2D eigenvalue weighted by Gasteiger charge is -2.01. The highest BCUT2D eigenvalue weighted by molar-refractivity contribution is 5.84. The molecule has 0 N–H and O–H groups in total. The van der Waals surface area contributed by atoms with Crippen molar-refractivity contribution in [2.45, 2.75) is 0 Å². The van der Waals surface area contributed by atoms with Crippen molar-refractivity contribution in [3.63, 3.8) is 0 Å². The fourth-order valence-electron chi connectivity index (χ4n) is 1.19. The van der Waals surface area contributed by atoms with Gasteiger partial charge in [-0.3, -0.25) is 0 Å². The van der Waals surface area contributed by atoms with Crippen LogP contribution in [0.1, 0.15) is 10.6 Å². The van der Waals surface area contributed by atoms with Gasteiger partial charge in [0.2, 0.25) is 0 Å². The van der Waals surface area contributed by atoms with Crippen molar-refractivity contribution in [3.8, 4) is 11.6 Å². The molecule has 0 atom stereocenters. The van der Waals surface area contributed by atoms with Crippen LogP contribution in [0.4, 0.5) is 0 Å². The van der Waals surface area contributed by atoms with Crippen molar-refractivity contribution < 1.29 is 14.3 Å². The van der Waals surface area contributed by atoms with Crippen LogP contribution in [0.5, 0.6) is 5.75 Å². The van der Waals surface area contributed by atoms with E-state index in [0.717, 1.165) is 0 Å². The maximum Gasteiger partial charge on any atom is 0.377 e. The minimum atomic E-state index is -0.586. The number of esters is 1. The first kappa shape index (κ1) is 11.1. The minimum Gasteiger partial charge on any atom is -0.495 e. The molecule has 0 bridgehead atoms. The molecule has 88 valence electrons. The zero-order valence-corrected chi connectivity index (χ0v) is 9.32. The monoisotopic (exact) mass is 234 g/mol. The van der Waals surface area contributed by atoms with E-state index < -0.39 is 5.97 Å². The van der Waals surface area contributed by atoms with Crippen molar-refractivity contribution in [1.82, 2.24) is 19.7 Å². The fourth-order valence-corrected chi connectivity index (χ4v) is 1.19. The van der Waals surface area contributed by atoms with Crippen LogP contribution in [-0.4, -0.2) is 39.9 Å². The van der Waals surface area contributed by atoms with Gasteiger partial charge in [-0.1, -0.05) is 0 Å². The van der Waals surface area contributed by atoms with Gasteiger partial charge in [-0.25, -0.2) is 19.4 Å². The van der Waals surface area contributed by atoms with E-state index in [-0.39, 0.29) is 5.82 Å². The first-order chi connectivity index (χ1) is 8.24. The molecule has 7 nitrogen and oxygen atoms in total. The van der Waals surface area contributed by atoms with Gasteiger partial charge in [0.15, 0.2) is 5.82 Å². The molecule has 0 aliphatic carbocycles. The molecule has 0 aliphatic rings. The van der Waals surface area contributed by atoms with Gasteiger partial charge in [-0.05, 0) is 12.1 Å². The third kappa shape index (κ3) is 2.22. The Bertz CT molecular complexity index is 521. The van der Waals surface area contributed by atoms with Crippen molar-refractivity contribution in [1.29, 1.82) is 0 Å². The van der Waals surface area contributed by atoms with E-state index in [4.69, 9.17) is 4.74 Å². The third-order valence-corrected chi connectivity index (χ3v) is 2.05. The van der Waals surface area contributed by atoms with E-state index in [1.807, 2.05) is 0 Å². The summed E-state index contributed by atoms with van der Waals surface area (Å²) in [5, 5.41) is 3.93.